The summed E-state index contributed by atoms with van der Waals surface area (Å²) in [5.41, 5.74) is 0. The minimum atomic E-state index is 0. The van der Waals surface area contributed by atoms with Crippen LogP contribution in [-0.4, -0.2) is 16.8 Å². The summed E-state index contributed by atoms with van der Waals surface area (Å²) in [4.78, 5) is 7.03. The Morgan fingerprint density at radius 1 is 0.432 bits per heavy atom. The molecule has 1 radical (unpaired) electrons. The number of aliphatic imine (C=N–C) groups is 1. The van der Waals surface area contributed by atoms with E-state index in [2.05, 4.69) is 36.9 Å². The highest BCUT2D eigenvalue weighted by atomic mass is 35.5. The largest absolute Gasteiger partial charge is 1.00 e. The maximum atomic E-state index is 4.55. The summed E-state index contributed by atoms with van der Waals surface area (Å²) in [7, 11) is 0. The number of rotatable bonds is 35. The van der Waals surface area contributed by atoms with Crippen LogP contribution in [-0.2, 0) is 0 Å². The lowest BCUT2D eigenvalue weighted by Crippen LogP contribution is -3.00. The highest BCUT2D eigenvalue weighted by Gasteiger charge is 2.27. The van der Waals surface area contributed by atoms with Crippen molar-refractivity contribution >= 4 is 5.84 Å². The minimum absolute atomic E-state index is 0. The molecular formula is C41H80ClN2. The summed E-state index contributed by atoms with van der Waals surface area (Å²) in [5.74, 6) is 1.21. The van der Waals surface area contributed by atoms with Crippen LogP contribution in [0.1, 0.15) is 239 Å². The second kappa shape index (κ2) is 35.4. The fourth-order valence-electron chi connectivity index (χ4n) is 7.05. The summed E-state index contributed by atoms with van der Waals surface area (Å²) < 4.78 is 0. The van der Waals surface area contributed by atoms with Crippen LogP contribution in [0.2, 0.25) is 0 Å². The molecule has 0 unspecified atom stereocenters. The van der Waals surface area contributed by atoms with E-state index in [0.29, 0.717) is 6.04 Å². The zero-order chi connectivity index (χ0) is 30.9. The van der Waals surface area contributed by atoms with Crippen molar-refractivity contribution in [2.24, 2.45) is 0 Å². The summed E-state index contributed by atoms with van der Waals surface area (Å²) in [6.07, 6.45) is 53.3. The van der Waals surface area contributed by atoms with Crippen molar-refractivity contribution in [2.75, 3.05) is 0 Å². The minimum Gasteiger partial charge on any atom is -1.00 e. The van der Waals surface area contributed by atoms with Gasteiger partial charge in [0.15, 0.2) is 6.20 Å². The molecular weight excluding hydrogens is 556 g/mol. The van der Waals surface area contributed by atoms with Gasteiger partial charge in [-0.3, -0.25) is 0 Å². The Morgan fingerprint density at radius 2 is 0.682 bits per heavy atom. The standard InChI is InChI=1S/C41H80N2.ClH/c1-4-6-8-10-12-14-16-18-20-22-24-26-28-30-32-34-36-41(43-39-38-42-40(43)3)37-35-33-31-29-27-25-23-21-19-17-15-13-11-9-7-5-2;/h38-39,41H,4-37H2,1-3H3;1H/q+1;/p-1. The third-order valence-electron chi connectivity index (χ3n) is 10.0. The van der Waals surface area contributed by atoms with E-state index in [0.717, 1.165) is 0 Å². The monoisotopic (exact) mass is 636 g/mol. The molecule has 0 N–H and O–H groups in total. The second-order valence-corrected chi connectivity index (χ2v) is 14.2. The lowest BCUT2D eigenvalue weighted by atomic mass is 9.98. The molecule has 261 valence electrons. The van der Waals surface area contributed by atoms with Crippen LogP contribution >= 0.6 is 0 Å². The van der Waals surface area contributed by atoms with Crippen molar-refractivity contribution in [3.63, 3.8) is 0 Å². The van der Waals surface area contributed by atoms with E-state index in [-0.39, 0.29) is 12.4 Å². The van der Waals surface area contributed by atoms with Gasteiger partial charge in [0, 0.05) is 6.92 Å². The first-order valence-corrected chi connectivity index (χ1v) is 20.3. The van der Waals surface area contributed by atoms with Gasteiger partial charge in [0.2, 0.25) is 0 Å². The molecule has 0 atom stereocenters. The molecule has 0 fully saturated rings. The first-order valence-electron chi connectivity index (χ1n) is 20.3. The fourth-order valence-corrected chi connectivity index (χ4v) is 7.05. The van der Waals surface area contributed by atoms with Crippen LogP contribution in [0.5, 0.6) is 0 Å². The van der Waals surface area contributed by atoms with Gasteiger partial charge >= 0.3 is 0 Å². The van der Waals surface area contributed by atoms with Gasteiger partial charge in [-0.1, -0.05) is 211 Å². The molecule has 2 nitrogen and oxygen atoms in total. The number of amidine groups is 1. The zero-order valence-corrected chi connectivity index (χ0v) is 31.3. The lowest BCUT2D eigenvalue weighted by molar-refractivity contribution is -0.00000978. The van der Waals surface area contributed by atoms with Gasteiger partial charge in [0.1, 0.15) is 12.2 Å². The van der Waals surface area contributed by atoms with E-state index in [1.165, 1.54) is 224 Å². The zero-order valence-electron chi connectivity index (χ0n) is 30.5. The predicted octanol–water partition coefficient (Wildman–Crippen LogP) is 11.2. The number of hydrogen-bond acceptors (Lipinski definition) is 2. The molecule has 1 rings (SSSR count). The van der Waals surface area contributed by atoms with Gasteiger partial charge in [-0.05, 0) is 25.7 Å². The second-order valence-electron chi connectivity index (χ2n) is 14.2. The van der Waals surface area contributed by atoms with Gasteiger partial charge in [-0.25, -0.2) is 4.90 Å². The molecule has 0 aromatic rings. The lowest BCUT2D eigenvalue weighted by Gasteiger charge is -2.21. The van der Waals surface area contributed by atoms with Crippen molar-refractivity contribution in [3.05, 3.63) is 12.4 Å². The molecule has 1 aliphatic rings. The Bertz CT molecular complexity index is 580. The van der Waals surface area contributed by atoms with E-state index >= 15 is 0 Å². The van der Waals surface area contributed by atoms with Crippen molar-refractivity contribution in [1.29, 1.82) is 0 Å². The molecule has 0 aliphatic carbocycles. The Kier molecular flexibility index (Phi) is 35.0. The third-order valence-corrected chi connectivity index (χ3v) is 10.0. The predicted molar refractivity (Wildman–Crippen MR) is 196 cm³/mol. The summed E-state index contributed by atoms with van der Waals surface area (Å²) in [6, 6.07) is 0.667. The average molecular weight is 637 g/mol. The van der Waals surface area contributed by atoms with Gasteiger partial charge in [0.25, 0.3) is 5.84 Å². The molecule has 0 saturated carbocycles. The van der Waals surface area contributed by atoms with Crippen LogP contribution in [0.15, 0.2) is 12.4 Å². The van der Waals surface area contributed by atoms with E-state index < -0.39 is 0 Å². The summed E-state index contributed by atoms with van der Waals surface area (Å²) in [6.45, 7) is 6.80. The first kappa shape index (κ1) is 43.5. The van der Waals surface area contributed by atoms with Crippen molar-refractivity contribution in [2.45, 2.75) is 245 Å². The van der Waals surface area contributed by atoms with Gasteiger partial charge in [0.05, 0.1) is 0 Å². The molecule has 0 aromatic carbocycles. The normalized spacial score (nSPS) is 12.8. The van der Waals surface area contributed by atoms with Crippen LogP contribution in [0.25, 0.3) is 0 Å². The van der Waals surface area contributed by atoms with Crippen molar-refractivity contribution < 1.29 is 12.4 Å². The van der Waals surface area contributed by atoms with E-state index in [1.54, 1.807) is 0 Å². The topological polar surface area (TPSA) is 17.3 Å². The van der Waals surface area contributed by atoms with Crippen molar-refractivity contribution in [3.8, 4) is 0 Å². The van der Waals surface area contributed by atoms with E-state index in [9.17, 15) is 0 Å². The van der Waals surface area contributed by atoms with E-state index in [4.69, 9.17) is 0 Å². The maximum Gasteiger partial charge on any atom is 0.295 e. The molecule has 0 aromatic heterocycles. The Labute approximate surface area is 284 Å². The number of hydrogen-bond donors (Lipinski definition) is 0. The van der Waals surface area contributed by atoms with Crippen LogP contribution < -0.4 is 17.4 Å². The molecule has 0 saturated heterocycles. The summed E-state index contributed by atoms with van der Waals surface area (Å²) in [5, 5.41) is 0. The number of halogens is 1. The molecule has 44 heavy (non-hydrogen) atoms. The SMILES string of the molecule is CCCCCCCCCCCCCCCCCCC(CCCCCCCCCCCCCCCCCC)N1C=C[N+]=C1C.[Cl-]. The number of unbranched alkanes of at least 4 members (excludes halogenated alkanes) is 30. The molecule has 0 amide bonds. The van der Waals surface area contributed by atoms with Gasteiger partial charge in [-0.15, -0.1) is 0 Å². The smallest absolute Gasteiger partial charge is 0.295 e. The average Bonchev–Trinajstić information content (AvgIpc) is 3.45. The van der Waals surface area contributed by atoms with Crippen LogP contribution in [0.4, 0.5) is 0 Å². The Balaban J connectivity index is 0.0000185. The Hall–Kier alpha value is -0.500. The quantitative estimate of drug-likeness (QED) is 0.0633. The molecule has 3 heteroatoms. The highest BCUT2D eigenvalue weighted by Crippen LogP contribution is 2.21. The van der Waals surface area contributed by atoms with Crippen molar-refractivity contribution in [1.82, 2.24) is 9.89 Å². The van der Waals surface area contributed by atoms with Gasteiger partial charge in [-0.2, -0.15) is 0 Å². The molecule has 0 bridgehead atoms. The Morgan fingerprint density at radius 3 is 0.909 bits per heavy atom. The highest BCUT2D eigenvalue weighted by molar-refractivity contribution is 5.81. The molecule has 1 aliphatic heterocycles. The molecule has 0 spiro atoms. The van der Waals surface area contributed by atoms with Crippen LogP contribution in [0.3, 0.4) is 0 Å². The molecule has 1 heterocycles. The number of nitrogens with zero attached hydrogens (tertiary/aromatic N) is 2. The first-order chi connectivity index (χ1) is 21.3. The fraction of sp³-hybridized carbons (Fsp3) is 0.927. The third kappa shape index (κ3) is 27.8. The van der Waals surface area contributed by atoms with Gasteiger partial charge < -0.3 is 12.4 Å². The maximum absolute atomic E-state index is 4.55. The summed E-state index contributed by atoms with van der Waals surface area (Å²) >= 11 is 0. The van der Waals surface area contributed by atoms with Crippen LogP contribution in [0, 0.1) is 0 Å². The van der Waals surface area contributed by atoms with E-state index in [1.807, 2.05) is 6.20 Å².